The van der Waals surface area contributed by atoms with Crippen LogP contribution in [0, 0.1) is 0 Å². The van der Waals surface area contributed by atoms with Crippen LogP contribution in [0.15, 0.2) is 67.2 Å². The number of halogens is 2. The normalized spacial score (nSPS) is 21.3. The standard InChI is InChI=1S/C18H16As2Br2/c1-19-11-18(14-5-9-16(22)10-6-14)20(2)12-17(19)13-3-7-15(21)8-4-13/h3-12H,1-2H3. The van der Waals surface area contributed by atoms with E-state index in [1.165, 1.54) is 11.1 Å². The van der Waals surface area contributed by atoms with Crippen LogP contribution in [0.5, 0.6) is 0 Å². The van der Waals surface area contributed by atoms with E-state index in [0.717, 1.165) is 8.95 Å². The number of hydrogen-bond acceptors (Lipinski definition) is 0. The van der Waals surface area contributed by atoms with E-state index < -0.39 is 29.3 Å². The van der Waals surface area contributed by atoms with E-state index in [1.54, 1.807) is 8.72 Å². The minimum absolute atomic E-state index is 1.10. The second-order valence-corrected chi connectivity index (χ2v) is 15.3. The Kier molecular flexibility index (Phi) is 5.56. The fourth-order valence-corrected chi connectivity index (χ4v) is 16.6. The second-order valence-electron chi connectivity index (χ2n) is 5.26. The van der Waals surface area contributed by atoms with Gasteiger partial charge in [0.15, 0.2) is 0 Å². The molecule has 112 valence electrons. The van der Waals surface area contributed by atoms with Gasteiger partial charge in [0.25, 0.3) is 0 Å². The van der Waals surface area contributed by atoms with Gasteiger partial charge in [-0.1, -0.05) is 0 Å². The van der Waals surface area contributed by atoms with Crippen LogP contribution >= 0.6 is 31.9 Å². The predicted molar refractivity (Wildman–Crippen MR) is 107 cm³/mol. The van der Waals surface area contributed by atoms with Crippen LogP contribution in [0.25, 0.3) is 8.72 Å². The molecule has 0 fully saturated rings. The first-order chi connectivity index (χ1) is 10.5. The van der Waals surface area contributed by atoms with Crippen LogP contribution in [0.3, 0.4) is 0 Å². The van der Waals surface area contributed by atoms with Crippen molar-refractivity contribution in [3.63, 3.8) is 0 Å². The summed E-state index contributed by atoms with van der Waals surface area (Å²) in [7, 11) is 0. The fourth-order valence-electron chi connectivity index (χ4n) is 2.49. The second kappa shape index (κ2) is 7.26. The van der Waals surface area contributed by atoms with Crippen molar-refractivity contribution in [3.05, 3.63) is 78.3 Å². The molecule has 0 nitrogen and oxygen atoms in total. The summed E-state index contributed by atoms with van der Waals surface area (Å²) < 4.78 is 5.56. The van der Waals surface area contributed by atoms with Gasteiger partial charge >= 0.3 is 160 Å². The Morgan fingerprint density at radius 1 is 0.591 bits per heavy atom. The molecule has 0 radical (unpaired) electrons. The van der Waals surface area contributed by atoms with E-state index >= 15 is 0 Å². The van der Waals surface area contributed by atoms with Crippen molar-refractivity contribution >= 4 is 69.9 Å². The van der Waals surface area contributed by atoms with Gasteiger partial charge in [0.05, 0.1) is 0 Å². The Hall–Kier alpha value is -0.00312. The van der Waals surface area contributed by atoms with Crippen LogP contribution in [0.2, 0.25) is 11.4 Å². The Balaban J connectivity index is 1.92. The van der Waals surface area contributed by atoms with Gasteiger partial charge < -0.3 is 0 Å². The van der Waals surface area contributed by atoms with Gasteiger partial charge in [-0.2, -0.15) is 0 Å². The van der Waals surface area contributed by atoms with Gasteiger partial charge in [0.2, 0.25) is 0 Å². The summed E-state index contributed by atoms with van der Waals surface area (Å²) in [5.41, 5.74) is 7.72. The van der Waals surface area contributed by atoms with Crippen molar-refractivity contribution in [1.82, 2.24) is 0 Å². The molecule has 1 aliphatic rings. The molecule has 2 aromatic rings. The number of benzene rings is 2. The molecule has 2 aromatic carbocycles. The molecule has 2 atom stereocenters. The monoisotopic (exact) mass is 540 g/mol. The Bertz CT molecular complexity index is 665. The molecule has 0 bridgehead atoms. The van der Waals surface area contributed by atoms with Crippen molar-refractivity contribution in [2.75, 3.05) is 0 Å². The Morgan fingerprint density at radius 3 is 1.23 bits per heavy atom. The molecule has 3 rings (SSSR count). The molecule has 0 spiro atoms. The molecular formula is C18H16As2Br2. The molecule has 0 amide bonds. The molecule has 0 saturated carbocycles. The molecule has 2 unspecified atom stereocenters. The van der Waals surface area contributed by atoms with Crippen LogP contribution in [-0.4, -0.2) is 29.3 Å². The van der Waals surface area contributed by atoms with Crippen molar-refractivity contribution in [3.8, 4) is 0 Å². The first-order valence-corrected chi connectivity index (χ1v) is 16.3. The van der Waals surface area contributed by atoms with E-state index in [2.05, 4.69) is 102 Å². The Labute approximate surface area is 158 Å². The molecule has 0 N–H and O–H groups in total. The maximum atomic E-state index is 3.53. The third kappa shape index (κ3) is 3.73. The fraction of sp³-hybridized carbons (Fsp3) is 0.111. The van der Waals surface area contributed by atoms with E-state index in [0.29, 0.717) is 0 Å². The van der Waals surface area contributed by atoms with Crippen molar-refractivity contribution < 1.29 is 0 Å². The van der Waals surface area contributed by atoms with E-state index in [9.17, 15) is 0 Å². The molecule has 4 heteroatoms. The zero-order chi connectivity index (χ0) is 15.7. The number of rotatable bonds is 2. The number of hydrogen-bond donors (Lipinski definition) is 0. The summed E-state index contributed by atoms with van der Waals surface area (Å²) in [6, 6.07) is 17.6. The zero-order valence-corrected chi connectivity index (χ0v) is 19.3. The zero-order valence-electron chi connectivity index (χ0n) is 12.4. The van der Waals surface area contributed by atoms with Crippen molar-refractivity contribution in [1.29, 1.82) is 0 Å². The summed E-state index contributed by atoms with van der Waals surface area (Å²) in [6.45, 7) is 0. The quantitative estimate of drug-likeness (QED) is 0.403. The first-order valence-electron chi connectivity index (χ1n) is 6.96. The van der Waals surface area contributed by atoms with Gasteiger partial charge in [-0.05, 0) is 0 Å². The summed E-state index contributed by atoms with van der Waals surface area (Å²) in [6.07, 6.45) is 0. The summed E-state index contributed by atoms with van der Waals surface area (Å²) >= 11 is 4.86. The third-order valence-corrected chi connectivity index (χ3v) is 14.2. The SMILES string of the molecule is C[As]1C=C(c2ccc(Br)cc2)[As](C)C=C1c1ccc(Br)cc1. The van der Waals surface area contributed by atoms with Gasteiger partial charge in [-0.3, -0.25) is 0 Å². The van der Waals surface area contributed by atoms with Gasteiger partial charge in [0, 0.05) is 0 Å². The van der Waals surface area contributed by atoms with Crippen LogP contribution in [0.4, 0.5) is 0 Å². The predicted octanol–water partition coefficient (Wildman–Crippen LogP) is 6.10. The average molecular weight is 542 g/mol. The molecule has 1 heterocycles. The molecule has 0 aromatic heterocycles. The van der Waals surface area contributed by atoms with Gasteiger partial charge in [-0.25, -0.2) is 0 Å². The average Bonchev–Trinajstić information content (AvgIpc) is 2.51. The molecular weight excluding hydrogens is 526 g/mol. The summed E-state index contributed by atoms with van der Waals surface area (Å²) in [5.74, 6) is 0. The van der Waals surface area contributed by atoms with Crippen LogP contribution < -0.4 is 0 Å². The third-order valence-electron chi connectivity index (χ3n) is 3.67. The van der Waals surface area contributed by atoms with E-state index in [4.69, 9.17) is 0 Å². The molecule has 0 aliphatic carbocycles. The summed E-state index contributed by atoms with van der Waals surface area (Å²) in [4.78, 5) is 5.24. The van der Waals surface area contributed by atoms with E-state index in [-0.39, 0.29) is 0 Å². The maximum absolute atomic E-state index is 3.53. The Morgan fingerprint density at radius 2 is 0.909 bits per heavy atom. The molecule has 0 saturated heterocycles. The van der Waals surface area contributed by atoms with Crippen molar-refractivity contribution in [2.45, 2.75) is 11.4 Å². The minimum atomic E-state index is -1.10. The summed E-state index contributed by atoms with van der Waals surface area (Å²) in [5, 5.41) is 0. The topological polar surface area (TPSA) is 0 Å². The van der Waals surface area contributed by atoms with Gasteiger partial charge in [-0.15, -0.1) is 0 Å². The van der Waals surface area contributed by atoms with E-state index in [1.807, 2.05) is 0 Å². The van der Waals surface area contributed by atoms with Gasteiger partial charge in [0.1, 0.15) is 0 Å². The van der Waals surface area contributed by atoms with Crippen molar-refractivity contribution in [2.24, 2.45) is 0 Å². The molecule has 1 aliphatic heterocycles. The molecule has 22 heavy (non-hydrogen) atoms. The van der Waals surface area contributed by atoms with Crippen LogP contribution in [-0.2, 0) is 0 Å². The van der Waals surface area contributed by atoms with Crippen LogP contribution in [0.1, 0.15) is 11.1 Å². The first kappa shape index (κ1) is 16.8.